The first kappa shape index (κ1) is 21.2. The molecule has 0 spiro atoms. The maximum atomic E-state index is 9.40. The van der Waals surface area contributed by atoms with Crippen LogP contribution in [-0.2, 0) is 4.84 Å². The highest BCUT2D eigenvalue weighted by Gasteiger charge is 2.10. The van der Waals surface area contributed by atoms with E-state index in [0.29, 0.717) is 25.4 Å². The van der Waals surface area contributed by atoms with Gasteiger partial charge in [-0.1, -0.05) is 28.4 Å². The van der Waals surface area contributed by atoms with Crippen LogP contribution in [-0.4, -0.2) is 30.1 Å². The number of rotatable bonds is 8. The highest BCUT2D eigenvalue weighted by atomic mass is 35.5. The third-order valence-electron chi connectivity index (χ3n) is 3.20. The van der Waals surface area contributed by atoms with E-state index in [1.807, 2.05) is 45.0 Å². The first-order valence-electron chi connectivity index (χ1n) is 8.50. The molecule has 0 aliphatic carbocycles. The van der Waals surface area contributed by atoms with Gasteiger partial charge in [0.2, 0.25) is 0 Å². The number of phenols is 1. The summed E-state index contributed by atoms with van der Waals surface area (Å²) in [5.41, 5.74) is 0.613. The van der Waals surface area contributed by atoms with Crippen LogP contribution in [0.25, 0.3) is 0 Å². The largest absolute Gasteiger partial charge is 0.508 e. The molecule has 7 heteroatoms. The summed E-state index contributed by atoms with van der Waals surface area (Å²) in [6.45, 7) is 6.69. The third kappa shape index (κ3) is 7.57. The van der Waals surface area contributed by atoms with E-state index in [1.54, 1.807) is 6.21 Å². The van der Waals surface area contributed by atoms with Crippen molar-refractivity contribution in [3.05, 3.63) is 52.0 Å². The first-order valence-corrected chi connectivity index (χ1v) is 9.25. The van der Waals surface area contributed by atoms with Crippen molar-refractivity contribution in [2.45, 2.75) is 32.8 Å². The molecule has 146 valence electrons. The smallest absolute Gasteiger partial charge is 0.156 e. The number of benzene rings is 2. The Morgan fingerprint density at radius 3 is 2.19 bits per heavy atom. The van der Waals surface area contributed by atoms with Gasteiger partial charge in [-0.15, -0.1) is 0 Å². The number of ether oxygens (including phenoxy) is 2. The van der Waals surface area contributed by atoms with Crippen molar-refractivity contribution < 1.29 is 19.4 Å². The summed E-state index contributed by atoms with van der Waals surface area (Å²) in [6, 6.07) is 10.3. The molecular weight excluding hydrogens is 389 g/mol. The van der Waals surface area contributed by atoms with E-state index in [0.717, 1.165) is 11.3 Å². The lowest BCUT2D eigenvalue weighted by atomic mass is 10.2. The molecule has 0 aromatic heterocycles. The number of aromatic hydroxyl groups is 1. The number of nitrogens with zero attached hydrogens (tertiary/aromatic N) is 1. The number of oxime groups is 1. The van der Waals surface area contributed by atoms with Crippen molar-refractivity contribution in [1.82, 2.24) is 0 Å². The van der Waals surface area contributed by atoms with Crippen LogP contribution >= 0.6 is 23.2 Å². The Kier molecular flexibility index (Phi) is 7.63. The first-order chi connectivity index (χ1) is 12.7. The van der Waals surface area contributed by atoms with Crippen molar-refractivity contribution >= 4 is 29.4 Å². The highest BCUT2D eigenvalue weighted by Crippen LogP contribution is 2.36. The minimum Gasteiger partial charge on any atom is -0.508 e. The molecule has 0 aliphatic rings. The van der Waals surface area contributed by atoms with E-state index >= 15 is 0 Å². The molecule has 0 amide bonds. The average Bonchev–Trinajstić information content (AvgIpc) is 2.56. The monoisotopic (exact) mass is 411 g/mol. The van der Waals surface area contributed by atoms with Gasteiger partial charge in [0.1, 0.15) is 17.1 Å². The third-order valence-corrected chi connectivity index (χ3v) is 3.76. The van der Waals surface area contributed by atoms with Crippen molar-refractivity contribution in [2.24, 2.45) is 5.16 Å². The fourth-order valence-electron chi connectivity index (χ4n) is 2.00. The van der Waals surface area contributed by atoms with Crippen molar-refractivity contribution in [2.75, 3.05) is 13.2 Å². The molecule has 2 aromatic carbocycles. The standard InChI is InChI=1S/C20H23Cl2NO4/c1-20(2,3)27-23-13-14-5-7-16(8-6-14)25-9-4-10-26-19-17(21)11-15(24)12-18(19)22/h5-8,11-13,24H,4,9-10H2,1-3H3. The summed E-state index contributed by atoms with van der Waals surface area (Å²) in [5, 5.41) is 13.9. The van der Waals surface area contributed by atoms with Crippen LogP contribution in [0.5, 0.6) is 17.2 Å². The lowest BCUT2D eigenvalue weighted by Gasteiger charge is -2.14. The molecule has 0 saturated heterocycles. The molecule has 0 unspecified atom stereocenters. The SMILES string of the molecule is CC(C)(C)ON=Cc1ccc(OCCCOc2c(Cl)cc(O)cc2Cl)cc1. The zero-order chi connectivity index (χ0) is 19.9. The lowest BCUT2D eigenvalue weighted by molar-refractivity contribution is 0.00199. The van der Waals surface area contributed by atoms with E-state index in [-0.39, 0.29) is 21.4 Å². The Morgan fingerprint density at radius 1 is 1.00 bits per heavy atom. The molecule has 0 heterocycles. The zero-order valence-electron chi connectivity index (χ0n) is 15.5. The van der Waals surface area contributed by atoms with Gasteiger partial charge in [-0.05, 0) is 50.6 Å². The summed E-state index contributed by atoms with van der Waals surface area (Å²) < 4.78 is 11.2. The summed E-state index contributed by atoms with van der Waals surface area (Å²) in [6.07, 6.45) is 2.31. The van der Waals surface area contributed by atoms with Gasteiger partial charge in [-0.2, -0.15) is 0 Å². The Hall–Kier alpha value is -2.11. The van der Waals surface area contributed by atoms with Crippen LogP contribution in [0.15, 0.2) is 41.6 Å². The van der Waals surface area contributed by atoms with E-state index in [9.17, 15) is 5.11 Å². The summed E-state index contributed by atoms with van der Waals surface area (Å²) in [4.78, 5) is 5.31. The second-order valence-corrected chi connectivity index (χ2v) is 7.61. The Balaban J connectivity index is 1.73. The van der Waals surface area contributed by atoms with Crippen molar-refractivity contribution in [3.63, 3.8) is 0 Å². The van der Waals surface area contributed by atoms with Gasteiger partial charge >= 0.3 is 0 Å². The molecule has 0 radical (unpaired) electrons. The van der Waals surface area contributed by atoms with Gasteiger partial charge in [0.15, 0.2) is 5.75 Å². The van der Waals surface area contributed by atoms with Crippen molar-refractivity contribution in [3.8, 4) is 17.2 Å². The van der Waals surface area contributed by atoms with Crippen LogP contribution < -0.4 is 9.47 Å². The molecule has 27 heavy (non-hydrogen) atoms. The fraction of sp³-hybridized carbons (Fsp3) is 0.350. The van der Waals surface area contributed by atoms with Gasteiger partial charge in [0.05, 0.1) is 29.5 Å². The molecule has 2 rings (SSSR count). The Bertz CT molecular complexity index is 748. The molecule has 0 aliphatic heterocycles. The second-order valence-electron chi connectivity index (χ2n) is 6.80. The van der Waals surface area contributed by atoms with Gasteiger partial charge < -0.3 is 19.4 Å². The normalized spacial score (nSPS) is 11.6. The molecule has 5 nitrogen and oxygen atoms in total. The van der Waals surface area contributed by atoms with E-state index < -0.39 is 0 Å². The maximum absolute atomic E-state index is 9.40. The molecule has 0 saturated carbocycles. The summed E-state index contributed by atoms with van der Waals surface area (Å²) in [5.74, 6) is 1.11. The highest BCUT2D eigenvalue weighted by molar-refractivity contribution is 6.37. The molecule has 0 fully saturated rings. The number of phenolic OH excluding ortho intramolecular Hbond substituents is 1. The van der Waals surface area contributed by atoms with Gasteiger partial charge in [0, 0.05) is 18.6 Å². The quantitative estimate of drug-likeness (QED) is 0.344. The minimum absolute atomic E-state index is 0.000793. The fourth-order valence-corrected chi connectivity index (χ4v) is 2.59. The molecule has 0 atom stereocenters. The predicted octanol–water partition coefficient (Wildman–Crippen LogP) is 5.70. The number of halogens is 2. The summed E-state index contributed by atoms with van der Waals surface area (Å²) >= 11 is 12.0. The van der Waals surface area contributed by atoms with E-state index in [1.165, 1.54) is 12.1 Å². The molecule has 1 N–H and O–H groups in total. The average molecular weight is 412 g/mol. The zero-order valence-corrected chi connectivity index (χ0v) is 17.0. The lowest BCUT2D eigenvalue weighted by Crippen LogP contribution is -2.15. The van der Waals surface area contributed by atoms with Crippen LogP contribution in [0.4, 0.5) is 0 Å². The predicted molar refractivity (Wildman–Crippen MR) is 109 cm³/mol. The van der Waals surface area contributed by atoms with Crippen LogP contribution in [0, 0.1) is 0 Å². The van der Waals surface area contributed by atoms with Crippen molar-refractivity contribution in [1.29, 1.82) is 0 Å². The second kappa shape index (κ2) is 9.72. The molecular formula is C20H23Cl2NO4. The van der Waals surface area contributed by atoms with Gasteiger partial charge in [-0.25, -0.2) is 0 Å². The minimum atomic E-state index is -0.309. The maximum Gasteiger partial charge on any atom is 0.156 e. The number of hydrogen-bond donors (Lipinski definition) is 1. The van der Waals surface area contributed by atoms with E-state index in [2.05, 4.69) is 5.16 Å². The Morgan fingerprint density at radius 2 is 1.59 bits per heavy atom. The van der Waals surface area contributed by atoms with Gasteiger partial charge in [-0.3, -0.25) is 0 Å². The Labute approximate surface area is 169 Å². The topological polar surface area (TPSA) is 60.3 Å². The van der Waals surface area contributed by atoms with Crippen LogP contribution in [0.2, 0.25) is 10.0 Å². The number of hydrogen-bond acceptors (Lipinski definition) is 5. The summed E-state index contributed by atoms with van der Waals surface area (Å²) in [7, 11) is 0. The molecule has 2 aromatic rings. The molecule has 0 bridgehead atoms. The van der Waals surface area contributed by atoms with E-state index in [4.69, 9.17) is 37.5 Å². The van der Waals surface area contributed by atoms with Crippen LogP contribution in [0.1, 0.15) is 32.8 Å². The van der Waals surface area contributed by atoms with Gasteiger partial charge in [0.25, 0.3) is 0 Å². The van der Waals surface area contributed by atoms with Crippen LogP contribution in [0.3, 0.4) is 0 Å².